The molecule has 0 N–H and O–H groups in total. The number of ether oxygens (including phenoxy) is 2. The molecule has 0 heterocycles. The van der Waals surface area contributed by atoms with E-state index in [0.717, 1.165) is 6.08 Å². The lowest BCUT2D eigenvalue weighted by atomic mass is 10.2. The average molecular weight is 219 g/mol. The van der Waals surface area contributed by atoms with E-state index < -0.39 is 12.3 Å². The fraction of sp³-hybridized carbons (Fsp3) is 0.231. The summed E-state index contributed by atoms with van der Waals surface area (Å²) in [5.74, 6) is -0.0552. The zero-order valence-electron chi connectivity index (χ0n) is 9.26. The predicted molar refractivity (Wildman–Crippen MR) is 61.7 cm³/mol. The Morgan fingerprint density at radius 3 is 2.50 bits per heavy atom. The fourth-order valence-corrected chi connectivity index (χ4v) is 1.05. The van der Waals surface area contributed by atoms with Gasteiger partial charge in [0.2, 0.25) is 6.29 Å². The van der Waals surface area contributed by atoms with Gasteiger partial charge >= 0.3 is 5.97 Å². The van der Waals surface area contributed by atoms with Crippen LogP contribution in [-0.4, -0.2) is 12.3 Å². The second kappa shape index (κ2) is 5.95. The van der Waals surface area contributed by atoms with Gasteiger partial charge in [-0.05, 0) is 19.1 Å². The lowest BCUT2D eigenvalue weighted by Gasteiger charge is -2.21. The number of hydrogen-bond acceptors (Lipinski definition) is 3. The average Bonchev–Trinajstić information content (AvgIpc) is 2.29. The number of benzene rings is 1. The van der Waals surface area contributed by atoms with Crippen molar-refractivity contribution in [2.24, 2.45) is 5.92 Å². The normalized spacial score (nSPS) is 11.9. The van der Waals surface area contributed by atoms with Crippen LogP contribution >= 0.6 is 0 Å². The molecule has 1 aromatic rings. The Morgan fingerprint density at radius 1 is 1.38 bits per heavy atom. The van der Waals surface area contributed by atoms with E-state index in [1.807, 2.05) is 25.1 Å². The smallest absolute Gasteiger partial charge is 0.333 e. The largest absolute Gasteiger partial charge is 0.454 e. The number of esters is 1. The van der Waals surface area contributed by atoms with Crippen molar-refractivity contribution in [1.29, 1.82) is 0 Å². The molecule has 0 aromatic heterocycles. The molecule has 1 radical (unpaired) electrons. The summed E-state index contributed by atoms with van der Waals surface area (Å²) >= 11 is 0. The first kappa shape index (κ1) is 12.3. The maximum atomic E-state index is 11.1. The highest BCUT2D eigenvalue weighted by Gasteiger charge is 2.18. The summed E-state index contributed by atoms with van der Waals surface area (Å²) in [5.41, 5.74) is 0. The van der Waals surface area contributed by atoms with Gasteiger partial charge in [-0.3, -0.25) is 0 Å². The Morgan fingerprint density at radius 2 is 2.00 bits per heavy atom. The molecule has 0 saturated carbocycles. The van der Waals surface area contributed by atoms with Crippen molar-refractivity contribution in [2.75, 3.05) is 0 Å². The maximum absolute atomic E-state index is 11.1. The first-order valence-corrected chi connectivity index (χ1v) is 5.01. The molecule has 0 aliphatic heterocycles. The molecule has 0 spiro atoms. The minimum atomic E-state index is -0.701. The standard InChI is InChI=1S/C13H15O3/c1-4-12(14)16-13(10(2)3)15-11-8-6-5-7-9-11/h4-10,13H,1-2H2,3H3. The van der Waals surface area contributed by atoms with Crippen LogP contribution in [0.2, 0.25) is 0 Å². The van der Waals surface area contributed by atoms with E-state index in [-0.39, 0.29) is 5.92 Å². The van der Waals surface area contributed by atoms with E-state index in [9.17, 15) is 4.79 Å². The lowest BCUT2D eigenvalue weighted by Crippen LogP contribution is -2.28. The van der Waals surface area contributed by atoms with E-state index in [1.165, 1.54) is 0 Å². The van der Waals surface area contributed by atoms with Gasteiger partial charge in [-0.2, -0.15) is 0 Å². The second-order valence-electron chi connectivity index (χ2n) is 3.42. The summed E-state index contributed by atoms with van der Waals surface area (Å²) in [6, 6.07) is 9.14. The Kier molecular flexibility index (Phi) is 4.58. The molecule has 2 unspecified atom stereocenters. The van der Waals surface area contributed by atoms with Gasteiger partial charge in [0.05, 0.1) is 0 Å². The number of hydrogen-bond donors (Lipinski definition) is 0. The highest BCUT2D eigenvalue weighted by molar-refractivity contribution is 5.81. The monoisotopic (exact) mass is 219 g/mol. The third-order valence-corrected chi connectivity index (χ3v) is 1.86. The molecule has 0 saturated heterocycles. The summed E-state index contributed by atoms with van der Waals surface area (Å²) in [7, 11) is 0. The van der Waals surface area contributed by atoms with Crippen molar-refractivity contribution in [3.63, 3.8) is 0 Å². The summed E-state index contributed by atoms with van der Waals surface area (Å²) in [5, 5.41) is 0. The van der Waals surface area contributed by atoms with Crippen LogP contribution in [0.1, 0.15) is 6.92 Å². The molecule has 85 valence electrons. The summed E-state index contributed by atoms with van der Waals surface area (Å²) < 4.78 is 10.5. The van der Waals surface area contributed by atoms with Crippen LogP contribution in [0.15, 0.2) is 43.0 Å². The Bertz CT molecular complexity index is 343. The SMILES string of the molecule is [CH2]C(C)C(OC(=O)C=C)Oc1ccccc1. The first-order chi connectivity index (χ1) is 7.63. The van der Waals surface area contributed by atoms with Crippen LogP contribution in [0.5, 0.6) is 5.75 Å². The van der Waals surface area contributed by atoms with Crippen molar-refractivity contribution in [3.8, 4) is 5.75 Å². The molecule has 2 atom stereocenters. The number of para-hydroxylation sites is 1. The molecular weight excluding hydrogens is 204 g/mol. The molecule has 0 aliphatic rings. The lowest BCUT2D eigenvalue weighted by molar-refractivity contribution is -0.162. The minimum absolute atomic E-state index is 0.177. The third-order valence-electron chi connectivity index (χ3n) is 1.86. The summed E-state index contributed by atoms with van der Waals surface area (Å²) in [6.45, 7) is 8.92. The van der Waals surface area contributed by atoms with Gasteiger partial charge in [0.15, 0.2) is 0 Å². The van der Waals surface area contributed by atoms with E-state index in [0.29, 0.717) is 5.75 Å². The van der Waals surface area contributed by atoms with Gasteiger partial charge in [0, 0.05) is 12.0 Å². The summed E-state index contributed by atoms with van der Waals surface area (Å²) in [6.07, 6.45) is 0.400. The molecule has 1 aromatic carbocycles. The molecule has 16 heavy (non-hydrogen) atoms. The Hall–Kier alpha value is -1.77. The van der Waals surface area contributed by atoms with Gasteiger partial charge in [0.25, 0.3) is 0 Å². The van der Waals surface area contributed by atoms with Crippen LogP contribution in [-0.2, 0) is 9.53 Å². The van der Waals surface area contributed by atoms with Crippen LogP contribution in [0.4, 0.5) is 0 Å². The minimum Gasteiger partial charge on any atom is -0.454 e. The molecule has 0 bridgehead atoms. The van der Waals surface area contributed by atoms with Crippen molar-refractivity contribution in [1.82, 2.24) is 0 Å². The predicted octanol–water partition coefficient (Wildman–Crippen LogP) is 2.59. The third kappa shape index (κ3) is 3.77. The van der Waals surface area contributed by atoms with E-state index >= 15 is 0 Å². The van der Waals surface area contributed by atoms with Gasteiger partial charge in [-0.15, -0.1) is 0 Å². The molecule has 1 rings (SSSR count). The Labute approximate surface area is 95.7 Å². The van der Waals surface area contributed by atoms with E-state index in [1.54, 1.807) is 12.1 Å². The highest BCUT2D eigenvalue weighted by Crippen LogP contribution is 2.16. The molecule has 3 heteroatoms. The van der Waals surface area contributed by atoms with Gasteiger partial charge < -0.3 is 9.47 Å². The van der Waals surface area contributed by atoms with Crippen molar-refractivity contribution < 1.29 is 14.3 Å². The van der Waals surface area contributed by atoms with Crippen molar-refractivity contribution in [2.45, 2.75) is 13.2 Å². The Balaban J connectivity index is 2.65. The van der Waals surface area contributed by atoms with Crippen molar-refractivity contribution >= 4 is 5.97 Å². The molecule has 3 nitrogen and oxygen atoms in total. The first-order valence-electron chi connectivity index (χ1n) is 5.01. The van der Waals surface area contributed by atoms with Crippen LogP contribution in [0.25, 0.3) is 0 Å². The number of rotatable bonds is 5. The van der Waals surface area contributed by atoms with E-state index in [2.05, 4.69) is 13.5 Å². The van der Waals surface area contributed by atoms with Crippen LogP contribution in [0, 0.1) is 12.8 Å². The fourth-order valence-electron chi connectivity index (χ4n) is 1.05. The summed E-state index contributed by atoms with van der Waals surface area (Å²) in [4.78, 5) is 11.1. The van der Waals surface area contributed by atoms with E-state index in [4.69, 9.17) is 9.47 Å². The van der Waals surface area contributed by atoms with Gasteiger partial charge in [-0.25, -0.2) is 4.79 Å². The van der Waals surface area contributed by atoms with Crippen LogP contribution < -0.4 is 4.74 Å². The quantitative estimate of drug-likeness (QED) is 0.434. The molecular formula is C13H15O3. The molecule has 0 aliphatic carbocycles. The highest BCUT2D eigenvalue weighted by atomic mass is 16.7. The zero-order chi connectivity index (χ0) is 12.0. The maximum Gasteiger partial charge on any atom is 0.333 e. The van der Waals surface area contributed by atoms with Crippen LogP contribution in [0.3, 0.4) is 0 Å². The van der Waals surface area contributed by atoms with Crippen molar-refractivity contribution in [3.05, 3.63) is 49.9 Å². The van der Waals surface area contributed by atoms with Gasteiger partial charge in [0.1, 0.15) is 5.75 Å². The molecule has 0 fully saturated rings. The van der Waals surface area contributed by atoms with Gasteiger partial charge in [-0.1, -0.05) is 31.7 Å². The second-order valence-corrected chi connectivity index (χ2v) is 3.42. The molecule has 0 amide bonds. The number of carbonyl (C=O) groups excluding carboxylic acids is 1. The topological polar surface area (TPSA) is 35.5 Å². The zero-order valence-corrected chi connectivity index (χ0v) is 9.26. The number of carbonyl (C=O) groups is 1.